The summed E-state index contributed by atoms with van der Waals surface area (Å²) in [5.41, 5.74) is 2.09. The van der Waals surface area contributed by atoms with E-state index in [1.54, 1.807) is 29.7 Å². The van der Waals surface area contributed by atoms with Crippen molar-refractivity contribution >= 4 is 35.1 Å². The second-order valence-corrected chi connectivity index (χ2v) is 7.99. The van der Waals surface area contributed by atoms with E-state index in [9.17, 15) is 14.4 Å². The first-order valence-electron chi connectivity index (χ1n) is 9.89. The van der Waals surface area contributed by atoms with Gasteiger partial charge < -0.3 is 15.5 Å². The summed E-state index contributed by atoms with van der Waals surface area (Å²) < 4.78 is 0. The number of halogens is 1. The Kier molecular flexibility index (Phi) is 9.21. The van der Waals surface area contributed by atoms with Crippen molar-refractivity contribution in [2.45, 2.75) is 39.0 Å². The third-order valence-corrected chi connectivity index (χ3v) is 5.35. The molecule has 0 saturated heterocycles. The van der Waals surface area contributed by atoms with Gasteiger partial charge in [-0.2, -0.15) is 0 Å². The highest BCUT2D eigenvalue weighted by Gasteiger charge is 2.24. The normalized spacial score (nSPS) is 14.9. The van der Waals surface area contributed by atoms with Crippen LogP contribution in [0.5, 0.6) is 0 Å². The lowest BCUT2D eigenvalue weighted by atomic mass is 10.0. The minimum Gasteiger partial charge on any atom is -0.338 e. The first kappa shape index (κ1) is 23.0. The SMILES string of the molecule is C[C@H](CNC(=O)Nc1ccccc1Cl)CC(=O)N(CC(=O)NO)CC1CCCC1. The van der Waals surface area contributed by atoms with Crippen LogP contribution in [0.25, 0.3) is 0 Å². The summed E-state index contributed by atoms with van der Waals surface area (Å²) in [6.07, 6.45) is 4.56. The molecule has 0 unspecified atom stereocenters. The number of nitrogens with one attached hydrogen (secondary N) is 3. The summed E-state index contributed by atoms with van der Waals surface area (Å²) in [7, 11) is 0. The summed E-state index contributed by atoms with van der Waals surface area (Å²) in [6.45, 7) is 2.50. The van der Waals surface area contributed by atoms with Crippen molar-refractivity contribution in [2.24, 2.45) is 11.8 Å². The van der Waals surface area contributed by atoms with Crippen molar-refractivity contribution in [1.82, 2.24) is 15.7 Å². The van der Waals surface area contributed by atoms with Crippen molar-refractivity contribution < 1.29 is 19.6 Å². The van der Waals surface area contributed by atoms with Crippen LogP contribution in [0.4, 0.5) is 10.5 Å². The third-order valence-electron chi connectivity index (χ3n) is 5.02. The van der Waals surface area contributed by atoms with Crippen LogP contribution >= 0.6 is 11.6 Å². The van der Waals surface area contributed by atoms with E-state index < -0.39 is 11.9 Å². The molecule has 8 nitrogen and oxygen atoms in total. The molecule has 160 valence electrons. The summed E-state index contributed by atoms with van der Waals surface area (Å²) in [4.78, 5) is 37.8. The molecule has 0 bridgehead atoms. The number of anilines is 1. The molecule has 4 amide bonds. The second kappa shape index (κ2) is 11.6. The fraction of sp³-hybridized carbons (Fsp3) is 0.550. The van der Waals surface area contributed by atoms with Gasteiger partial charge in [0.05, 0.1) is 10.7 Å². The number of carbonyl (C=O) groups is 3. The van der Waals surface area contributed by atoms with Crippen LogP contribution in [0.3, 0.4) is 0 Å². The zero-order chi connectivity index (χ0) is 21.2. The van der Waals surface area contributed by atoms with Crippen molar-refractivity contribution in [3.05, 3.63) is 29.3 Å². The molecule has 0 aromatic heterocycles. The highest BCUT2D eigenvalue weighted by atomic mass is 35.5. The molecule has 1 aromatic rings. The number of hydroxylamine groups is 1. The number of urea groups is 1. The fourth-order valence-corrected chi connectivity index (χ4v) is 3.65. The maximum atomic E-state index is 12.7. The quantitative estimate of drug-likeness (QED) is 0.360. The predicted octanol–water partition coefficient (Wildman–Crippen LogP) is 3.01. The van der Waals surface area contributed by atoms with Crippen LogP contribution in [0, 0.1) is 11.8 Å². The van der Waals surface area contributed by atoms with Gasteiger partial charge in [-0.15, -0.1) is 0 Å². The number of benzene rings is 1. The lowest BCUT2D eigenvalue weighted by Gasteiger charge is -2.26. The highest BCUT2D eigenvalue weighted by Crippen LogP contribution is 2.26. The zero-order valence-electron chi connectivity index (χ0n) is 16.6. The van der Waals surface area contributed by atoms with Gasteiger partial charge in [-0.05, 0) is 36.8 Å². The minimum absolute atomic E-state index is 0.122. The molecule has 2 rings (SSSR count). The topological polar surface area (TPSA) is 111 Å². The number of amides is 4. The summed E-state index contributed by atoms with van der Waals surface area (Å²) in [5.74, 6) is -0.509. The highest BCUT2D eigenvalue weighted by molar-refractivity contribution is 6.33. The monoisotopic (exact) mass is 424 g/mol. The molecule has 1 aromatic carbocycles. The van der Waals surface area contributed by atoms with E-state index >= 15 is 0 Å². The van der Waals surface area contributed by atoms with Gasteiger partial charge in [0, 0.05) is 19.5 Å². The Morgan fingerprint density at radius 1 is 1.24 bits per heavy atom. The van der Waals surface area contributed by atoms with Gasteiger partial charge >= 0.3 is 6.03 Å². The molecule has 1 aliphatic carbocycles. The largest absolute Gasteiger partial charge is 0.338 e. The third kappa shape index (κ3) is 7.91. The Morgan fingerprint density at radius 2 is 1.93 bits per heavy atom. The standard InChI is InChI=1S/C20H29ClN4O4/c1-14(11-22-20(28)23-17-9-5-4-8-16(17)21)10-19(27)25(13-18(26)24-29)12-15-6-2-3-7-15/h4-5,8-9,14-15,29H,2-3,6-7,10-13H2,1H3,(H,24,26)(H2,22,23,28)/t14-/m0/s1. The van der Waals surface area contributed by atoms with E-state index in [-0.39, 0.29) is 24.8 Å². The molecule has 0 spiro atoms. The molecule has 0 heterocycles. The molecule has 1 saturated carbocycles. The van der Waals surface area contributed by atoms with E-state index in [0.29, 0.717) is 29.7 Å². The maximum Gasteiger partial charge on any atom is 0.319 e. The molecule has 29 heavy (non-hydrogen) atoms. The summed E-state index contributed by atoms with van der Waals surface area (Å²) in [5, 5.41) is 14.6. The number of rotatable bonds is 9. The summed E-state index contributed by atoms with van der Waals surface area (Å²) >= 11 is 6.01. The lowest BCUT2D eigenvalue weighted by Crippen LogP contribution is -2.43. The van der Waals surface area contributed by atoms with Crippen LogP contribution in [0.1, 0.15) is 39.0 Å². The van der Waals surface area contributed by atoms with E-state index in [0.717, 1.165) is 25.7 Å². The van der Waals surface area contributed by atoms with Crippen LogP contribution in [-0.2, 0) is 9.59 Å². The molecule has 1 atom stereocenters. The fourth-order valence-electron chi connectivity index (χ4n) is 3.46. The lowest BCUT2D eigenvalue weighted by molar-refractivity contribution is -0.140. The smallest absolute Gasteiger partial charge is 0.319 e. The molecule has 4 N–H and O–H groups in total. The van der Waals surface area contributed by atoms with Crippen molar-refractivity contribution in [2.75, 3.05) is 25.0 Å². The summed E-state index contributed by atoms with van der Waals surface area (Å²) in [6, 6.07) is 6.51. The average molecular weight is 425 g/mol. The van der Waals surface area contributed by atoms with E-state index in [4.69, 9.17) is 16.8 Å². The van der Waals surface area contributed by atoms with E-state index in [1.165, 1.54) is 4.90 Å². The van der Waals surface area contributed by atoms with Gasteiger partial charge in [0.25, 0.3) is 5.91 Å². The van der Waals surface area contributed by atoms with E-state index in [1.807, 2.05) is 6.92 Å². The molecule has 1 aliphatic rings. The number of carbonyl (C=O) groups excluding carboxylic acids is 3. The predicted molar refractivity (Wildman–Crippen MR) is 111 cm³/mol. The van der Waals surface area contributed by atoms with Crippen LogP contribution in [-0.4, -0.2) is 47.6 Å². The number of hydrogen-bond donors (Lipinski definition) is 4. The van der Waals surface area contributed by atoms with Crippen LogP contribution in [0.2, 0.25) is 5.02 Å². The van der Waals surface area contributed by atoms with Crippen LogP contribution in [0.15, 0.2) is 24.3 Å². The molecular formula is C20H29ClN4O4. The molecule has 9 heteroatoms. The van der Waals surface area contributed by atoms with E-state index in [2.05, 4.69) is 10.6 Å². The van der Waals surface area contributed by atoms with Gasteiger partial charge in [-0.3, -0.25) is 14.8 Å². The Balaban J connectivity index is 1.81. The first-order valence-corrected chi connectivity index (χ1v) is 10.3. The maximum absolute atomic E-state index is 12.7. The Morgan fingerprint density at radius 3 is 2.59 bits per heavy atom. The van der Waals surface area contributed by atoms with Gasteiger partial charge in [0.15, 0.2) is 0 Å². The van der Waals surface area contributed by atoms with Gasteiger partial charge in [0.1, 0.15) is 6.54 Å². The number of hydrogen-bond acceptors (Lipinski definition) is 4. The minimum atomic E-state index is -0.610. The molecular weight excluding hydrogens is 396 g/mol. The Bertz CT molecular complexity index is 709. The van der Waals surface area contributed by atoms with Crippen molar-refractivity contribution in [1.29, 1.82) is 0 Å². The molecule has 0 aliphatic heterocycles. The number of nitrogens with zero attached hydrogens (tertiary/aromatic N) is 1. The second-order valence-electron chi connectivity index (χ2n) is 7.58. The van der Waals surface area contributed by atoms with Gasteiger partial charge in [-0.25, -0.2) is 10.3 Å². The van der Waals surface area contributed by atoms with Crippen molar-refractivity contribution in [3.8, 4) is 0 Å². The Labute approximate surface area is 175 Å². The molecule has 0 radical (unpaired) electrons. The van der Waals surface area contributed by atoms with Crippen LogP contribution < -0.4 is 16.1 Å². The van der Waals surface area contributed by atoms with Crippen molar-refractivity contribution in [3.63, 3.8) is 0 Å². The average Bonchev–Trinajstić information content (AvgIpc) is 3.20. The number of para-hydroxylation sites is 1. The van der Waals surface area contributed by atoms with Gasteiger partial charge in [-0.1, -0.05) is 43.5 Å². The molecule has 1 fully saturated rings. The zero-order valence-corrected chi connectivity index (χ0v) is 17.4. The Hall–Kier alpha value is -2.32. The van der Waals surface area contributed by atoms with Gasteiger partial charge in [0.2, 0.25) is 5.91 Å². The first-order chi connectivity index (χ1) is 13.9.